The zero-order valence-electron chi connectivity index (χ0n) is 14.2. The molecule has 22 heavy (non-hydrogen) atoms. The van der Waals surface area contributed by atoms with Crippen molar-refractivity contribution in [2.45, 2.75) is 77.6 Å². The third-order valence-corrected chi connectivity index (χ3v) is 6.60. The Morgan fingerprint density at radius 3 is 1.73 bits per heavy atom. The zero-order valence-corrected chi connectivity index (χ0v) is 14.2. The Morgan fingerprint density at radius 2 is 1.27 bits per heavy atom. The predicted octanol–water partition coefficient (Wildman–Crippen LogP) is 6.10. The average molecular weight is 300 g/mol. The summed E-state index contributed by atoms with van der Waals surface area (Å²) in [5.74, 6) is 2.19. The lowest BCUT2D eigenvalue weighted by Crippen LogP contribution is -2.39. The molecule has 2 aliphatic carbocycles. The monoisotopic (exact) mass is 300 g/mol. The number of hydrogen-bond donors (Lipinski definition) is 1. The Morgan fingerprint density at radius 1 is 0.818 bits per heavy atom. The van der Waals surface area contributed by atoms with Crippen LogP contribution in [0.5, 0.6) is 5.75 Å². The third kappa shape index (κ3) is 3.50. The highest BCUT2D eigenvalue weighted by molar-refractivity contribution is 5.27. The predicted molar refractivity (Wildman–Crippen MR) is 93.1 cm³/mol. The molecule has 2 saturated carbocycles. The highest BCUT2D eigenvalue weighted by Crippen LogP contribution is 2.50. The molecule has 0 spiro atoms. The molecule has 0 radical (unpaired) electrons. The second kappa shape index (κ2) is 7.06. The molecule has 3 rings (SSSR count). The van der Waals surface area contributed by atoms with Crippen LogP contribution < -0.4 is 0 Å². The minimum Gasteiger partial charge on any atom is -0.508 e. The first-order valence-electron chi connectivity index (χ1n) is 9.46. The quantitative estimate of drug-likeness (QED) is 0.712. The molecule has 1 N–H and O–H groups in total. The number of hydrogen-bond acceptors (Lipinski definition) is 1. The van der Waals surface area contributed by atoms with Crippen LogP contribution in [0.2, 0.25) is 0 Å². The number of phenols is 1. The highest BCUT2D eigenvalue weighted by atomic mass is 16.3. The van der Waals surface area contributed by atoms with Crippen molar-refractivity contribution in [2.24, 2.45) is 17.3 Å². The van der Waals surface area contributed by atoms with Crippen molar-refractivity contribution < 1.29 is 5.11 Å². The molecule has 0 unspecified atom stereocenters. The summed E-state index contributed by atoms with van der Waals surface area (Å²) >= 11 is 0. The van der Waals surface area contributed by atoms with E-state index in [9.17, 15) is 5.11 Å². The van der Waals surface area contributed by atoms with Gasteiger partial charge in [0.2, 0.25) is 0 Å². The summed E-state index contributed by atoms with van der Waals surface area (Å²) < 4.78 is 0. The molecule has 122 valence electrons. The van der Waals surface area contributed by atoms with Crippen LogP contribution in [0, 0.1) is 17.3 Å². The Balaban J connectivity index is 1.82. The molecule has 0 saturated heterocycles. The number of phenolic OH excluding ortho intramolecular Hbond substituents is 1. The van der Waals surface area contributed by atoms with Gasteiger partial charge in [0.15, 0.2) is 0 Å². The molecule has 0 heterocycles. The Hall–Kier alpha value is -0.980. The van der Waals surface area contributed by atoms with Gasteiger partial charge in [-0.05, 0) is 67.1 Å². The summed E-state index contributed by atoms with van der Waals surface area (Å²) in [5, 5.41) is 9.55. The number of rotatable bonds is 4. The van der Waals surface area contributed by atoms with E-state index in [0.717, 1.165) is 11.8 Å². The van der Waals surface area contributed by atoms with Crippen molar-refractivity contribution in [3.8, 4) is 5.75 Å². The molecular formula is C21H32O. The van der Waals surface area contributed by atoms with Crippen molar-refractivity contribution in [3.63, 3.8) is 0 Å². The molecule has 1 aromatic rings. The largest absolute Gasteiger partial charge is 0.508 e. The second-order valence-electron chi connectivity index (χ2n) is 8.02. The van der Waals surface area contributed by atoms with Crippen LogP contribution in [0.1, 0.15) is 76.7 Å². The first kappa shape index (κ1) is 15.9. The van der Waals surface area contributed by atoms with Crippen LogP contribution in [0.3, 0.4) is 0 Å². The first-order chi connectivity index (χ1) is 10.7. The lowest BCUT2D eigenvalue weighted by Gasteiger charge is -2.47. The van der Waals surface area contributed by atoms with E-state index in [0.29, 0.717) is 11.2 Å². The van der Waals surface area contributed by atoms with Gasteiger partial charge >= 0.3 is 0 Å². The molecule has 0 aliphatic heterocycles. The Kier molecular flexibility index (Phi) is 5.10. The summed E-state index contributed by atoms with van der Waals surface area (Å²) in [6.07, 6.45) is 15.6. The minimum absolute atomic E-state index is 0.390. The summed E-state index contributed by atoms with van der Waals surface area (Å²) in [7, 11) is 0. The van der Waals surface area contributed by atoms with E-state index < -0.39 is 0 Å². The van der Waals surface area contributed by atoms with Gasteiger partial charge in [-0.2, -0.15) is 0 Å². The van der Waals surface area contributed by atoms with Crippen molar-refractivity contribution in [1.82, 2.24) is 0 Å². The van der Waals surface area contributed by atoms with Crippen LogP contribution >= 0.6 is 0 Å². The van der Waals surface area contributed by atoms with Gasteiger partial charge in [-0.15, -0.1) is 0 Å². The van der Waals surface area contributed by atoms with Gasteiger partial charge in [0.05, 0.1) is 0 Å². The Labute approximate surface area is 136 Å². The van der Waals surface area contributed by atoms with Crippen LogP contribution in [0.25, 0.3) is 0 Å². The molecule has 0 bridgehead atoms. The fourth-order valence-corrected chi connectivity index (χ4v) is 5.20. The fourth-order valence-electron chi connectivity index (χ4n) is 5.20. The minimum atomic E-state index is 0.390. The summed E-state index contributed by atoms with van der Waals surface area (Å²) in [4.78, 5) is 0. The average Bonchev–Trinajstić information content (AvgIpc) is 2.58. The molecule has 0 atom stereocenters. The molecule has 2 fully saturated rings. The maximum atomic E-state index is 9.55. The van der Waals surface area contributed by atoms with Crippen LogP contribution in [-0.4, -0.2) is 5.11 Å². The van der Waals surface area contributed by atoms with Gasteiger partial charge in [0, 0.05) is 0 Å². The zero-order chi connectivity index (χ0) is 15.4. The Bertz CT molecular complexity index is 431. The molecule has 0 aromatic heterocycles. The SMILES string of the molecule is CC(Cc1ccc(O)cc1)(C1CCCCC1)C1CCCCC1. The lowest BCUT2D eigenvalue weighted by molar-refractivity contribution is 0.0402. The summed E-state index contributed by atoms with van der Waals surface area (Å²) in [6.45, 7) is 2.59. The van der Waals surface area contributed by atoms with Gasteiger partial charge in [-0.25, -0.2) is 0 Å². The second-order valence-corrected chi connectivity index (χ2v) is 8.02. The van der Waals surface area contributed by atoms with Gasteiger partial charge in [0.25, 0.3) is 0 Å². The lowest BCUT2D eigenvalue weighted by atomic mass is 9.58. The van der Waals surface area contributed by atoms with Crippen LogP contribution in [0.15, 0.2) is 24.3 Å². The van der Waals surface area contributed by atoms with Gasteiger partial charge < -0.3 is 5.11 Å². The van der Waals surface area contributed by atoms with Gasteiger partial charge in [0.1, 0.15) is 5.75 Å². The van der Waals surface area contributed by atoms with E-state index in [2.05, 4.69) is 19.1 Å². The van der Waals surface area contributed by atoms with E-state index in [1.54, 1.807) is 0 Å². The van der Waals surface area contributed by atoms with E-state index in [-0.39, 0.29) is 0 Å². The normalized spacial score (nSPS) is 21.9. The van der Waals surface area contributed by atoms with Crippen LogP contribution in [0.4, 0.5) is 0 Å². The van der Waals surface area contributed by atoms with Crippen LogP contribution in [-0.2, 0) is 6.42 Å². The maximum absolute atomic E-state index is 9.55. The van der Waals surface area contributed by atoms with E-state index in [1.807, 2.05) is 12.1 Å². The fraction of sp³-hybridized carbons (Fsp3) is 0.714. The van der Waals surface area contributed by atoms with Crippen molar-refractivity contribution >= 4 is 0 Å². The van der Waals surface area contributed by atoms with Crippen molar-refractivity contribution in [3.05, 3.63) is 29.8 Å². The van der Waals surface area contributed by atoms with E-state index in [4.69, 9.17) is 0 Å². The molecule has 1 aromatic carbocycles. The smallest absolute Gasteiger partial charge is 0.115 e. The maximum Gasteiger partial charge on any atom is 0.115 e. The summed E-state index contributed by atoms with van der Waals surface area (Å²) in [6, 6.07) is 7.99. The van der Waals surface area contributed by atoms with E-state index >= 15 is 0 Å². The highest BCUT2D eigenvalue weighted by Gasteiger charge is 2.41. The molecular weight excluding hydrogens is 268 g/mol. The topological polar surface area (TPSA) is 20.2 Å². The molecule has 1 heteroatoms. The molecule has 0 amide bonds. The summed E-state index contributed by atoms with van der Waals surface area (Å²) in [5.41, 5.74) is 1.87. The van der Waals surface area contributed by atoms with Gasteiger partial charge in [-0.1, -0.05) is 57.6 Å². The van der Waals surface area contributed by atoms with E-state index in [1.165, 1.54) is 76.2 Å². The molecule has 1 nitrogen and oxygen atoms in total. The standard InChI is InChI=1S/C21H32O/c1-21(18-8-4-2-5-9-18,19-10-6-3-7-11-19)16-17-12-14-20(22)15-13-17/h12-15,18-19,22H,2-11,16H2,1H3. The number of benzene rings is 1. The van der Waals surface area contributed by atoms with Gasteiger partial charge in [-0.3, -0.25) is 0 Å². The first-order valence-corrected chi connectivity index (χ1v) is 9.46. The number of aromatic hydroxyl groups is 1. The molecule has 2 aliphatic rings. The van der Waals surface area contributed by atoms with Crippen molar-refractivity contribution in [1.29, 1.82) is 0 Å². The van der Waals surface area contributed by atoms with Crippen molar-refractivity contribution in [2.75, 3.05) is 0 Å². The third-order valence-electron chi connectivity index (χ3n) is 6.60.